The number of rotatable bonds is 2. The molecule has 0 aliphatic rings. The number of nitrogens with one attached hydrogen (secondary N) is 1. The monoisotopic (exact) mass is 295 g/mol. The molecule has 0 bridgehead atoms. The maximum absolute atomic E-state index is 11.7. The third-order valence-corrected chi connectivity index (χ3v) is 3.43. The molecule has 2 rings (SSSR count). The lowest BCUT2D eigenvalue weighted by atomic mass is 10.1. The number of aromatic nitrogens is 1. The molecule has 0 amide bonds. The van der Waals surface area contributed by atoms with Crippen LogP contribution in [0.4, 0.5) is 0 Å². The highest BCUT2D eigenvalue weighted by atomic mass is 79.9. The zero-order chi connectivity index (χ0) is 12.6. The minimum Gasteiger partial charge on any atom is -0.463 e. The Balaban J connectivity index is 2.60. The van der Waals surface area contributed by atoms with E-state index < -0.39 is 11.8 Å². The summed E-state index contributed by atoms with van der Waals surface area (Å²) in [5.74, 6) is -1.49. The molecule has 0 unspecified atom stereocenters. The SMILES string of the molecule is COC(=O)C(=O)c1c[nH]c2cc(Br)c(C)cc12. The van der Waals surface area contributed by atoms with Crippen molar-refractivity contribution >= 4 is 38.6 Å². The van der Waals surface area contributed by atoms with Gasteiger partial charge in [0, 0.05) is 21.6 Å². The van der Waals surface area contributed by atoms with Crippen molar-refractivity contribution in [3.05, 3.63) is 33.9 Å². The van der Waals surface area contributed by atoms with Crippen molar-refractivity contribution < 1.29 is 14.3 Å². The molecule has 0 aliphatic carbocycles. The molecule has 0 aliphatic heterocycles. The third-order valence-electron chi connectivity index (χ3n) is 2.58. The van der Waals surface area contributed by atoms with Gasteiger partial charge in [0.05, 0.1) is 12.7 Å². The summed E-state index contributed by atoms with van der Waals surface area (Å²) >= 11 is 3.41. The molecule has 88 valence electrons. The van der Waals surface area contributed by atoms with Gasteiger partial charge in [0.2, 0.25) is 0 Å². The topological polar surface area (TPSA) is 59.2 Å². The number of fused-ring (bicyclic) bond motifs is 1. The van der Waals surface area contributed by atoms with Crippen LogP contribution >= 0.6 is 15.9 Å². The number of aryl methyl sites for hydroxylation is 1. The molecule has 1 heterocycles. The van der Waals surface area contributed by atoms with Gasteiger partial charge in [-0.05, 0) is 24.6 Å². The highest BCUT2D eigenvalue weighted by molar-refractivity contribution is 9.10. The van der Waals surface area contributed by atoms with Gasteiger partial charge in [0.25, 0.3) is 5.78 Å². The lowest BCUT2D eigenvalue weighted by Gasteiger charge is -2.00. The molecule has 1 aromatic heterocycles. The average molecular weight is 296 g/mol. The summed E-state index contributed by atoms with van der Waals surface area (Å²) in [5, 5.41) is 0.723. The number of Topliss-reactive ketones (excluding diaryl/α,β-unsaturated/α-hetero) is 1. The number of esters is 1. The molecule has 0 saturated heterocycles. The number of ether oxygens (including phenoxy) is 1. The molecule has 5 heteroatoms. The zero-order valence-electron chi connectivity index (χ0n) is 9.33. The van der Waals surface area contributed by atoms with Crippen LogP contribution in [0.1, 0.15) is 15.9 Å². The second-order valence-corrected chi connectivity index (χ2v) is 4.52. The van der Waals surface area contributed by atoms with E-state index in [4.69, 9.17) is 0 Å². The summed E-state index contributed by atoms with van der Waals surface area (Å²) in [6.07, 6.45) is 1.52. The van der Waals surface area contributed by atoms with Gasteiger partial charge < -0.3 is 9.72 Å². The number of benzene rings is 1. The summed E-state index contributed by atoms with van der Waals surface area (Å²) in [7, 11) is 1.19. The Morgan fingerprint density at radius 3 is 2.71 bits per heavy atom. The predicted octanol–water partition coefficient (Wildman–Crippen LogP) is 2.59. The number of halogens is 1. The number of hydrogen-bond acceptors (Lipinski definition) is 3. The second-order valence-electron chi connectivity index (χ2n) is 3.67. The Bertz CT molecular complexity index is 615. The van der Waals surface area contributed by atoms with E-state index in [0.717, 1.165) is 20.9 Å². The van der Waals surface area contributed by atoms with E-state index >= 15 is 0 Å². The summed E-state index contributed by atoms with van der Waals surface area (Å²) in [4.78, 5) is 25.9. The van der Waals surface area contributed by atoms with Crippen molar-refractivity contribution in [2.75, 3.05) is 7.11 Å². The van der Waals surface area contributed by atoms with Gasteiger partial charge in [-0.2, -0.15) is 0 Å². The van der Waals surface area contributed by atoms with Crippen molar-refractivity contribution in [1.29, 1.82) is 0 Å². The molecule has 0 fully saturated rings. The molecule has 0 radical (unpaired) electrons. The van der Waals surface area contributed by atoms with Crippen LogP contribution in [0.25, 0.3) is 10.9 Å². The molecule has 0 spiro atoms. The van der Waals surface area contributed by atoms with E-state index in [9.17, 15) is 9.59 Å². The van der Waals surface area contributed by atoms with Gasteiger partial charge in [-0.15, -0.1) is 0 Å². The second kappa shape index (κ2) is 4.33. The fourth-order valence-corrected chi connectivity index (χ4v) is 1.99. The first-order chi connectivity index (χ1) is 8.04. The Hall–Kier alpha value is -1.62. The Labute approximate surface area is 106 Å². The van der Waals surface area contributed by atoms with Crippen LogP contribution in [-0.2, 0) is 9.53 Å². The molecule has 0 atom stereocenters. The van der Waals surface area contributed by atoms with Crippen LogP contribution in [0.5, 0.6) is 0 Å². The smallest absolute Gasteiger partial charge is 0.379 e. The van der Waals surface area contributed by atoms with E-state index in [2.05, 4.69) is 25.7 Å². The fraction of sp³-hybridized carbons (Fsp3) is 0.167. The lowest BCUT2D eigenvalue weighted by Crippen LogP contribution is -2.15. The number of hydrogen-bond donors (Lipinski definition) is 1. The summed E-state index contributed by atoms with van der Waals surface area (Å²) < 4.78 is 5.38. The first-order valence-electron chi connectivity index (χ1n) is 4.94. The molecule has 2 aromatic rings. The van der Waals surface area contributed by atoms with Crippen LogP contribution in [0.3, 0.4) is 0 Å². The molecular formula is C12H10BrNO3. The molecule has 1 N–H and O–H groups in total. The summed E-state index contributed by atoms with van der Waals surface area (Å²) in [6.45, 7) is 1.92. The normalized spacial score (nSPS) is 10.5. The van der Waals surface area contributed by atoms with Crippen LogP contribution in [0, 0.1) is 6.92 Å². The minimum absolute atomic E-state index is 0.336. The van der Waals surface area contributed by atoms with Crippen LogP contribution in [-0.4, -0.2) is 23.8 Å². The molecule has 17 heavy (non-hydrogen) atoms. The first-order valence-corrected chi connectivity index (χ1v) is 5.73. The van der Waals surface area contributed by atoms with Gasteiger partial charge >= 0.3 is 5.97 Å². The molecular weight excluding hydrogens is 286 g/mol. The molecule has 1 aromatic carbocycles. The maximum atomic E-state index is 11.7. The van der Waals surface area contributed by atoms with E-state index in [1.807, 2.05) is 19.1 Å². The maximum Gasteiger partial charge on any atom is 0.379 e. The van der Waals surface area contributed by atoms with Crippen molar-refractivity contribution in [2.45, 2.75) is 6.92 Å². The quantitative estimate of drug-likeness (QED) is 0.526. The predicted molar refractivity (Wildman–Crippen MR) is 67.1 cm³/mol. The number of carbonyl (C=O) groups excluding carboxylic acids is 2. The highest BCUT2D eigenvalue weighted by Gasteiger charge is 2.20. The van der Waals surface area contributed by atoms with Crippen molar-refractivity contribution in [1.82, 2.24) is 4.98 Å². The van der Waals surface area contributed by atoms with Crippen LogP contribution < -0.4 is 0 Å². The van der Waals surface area contributed by atoms with Crippen molar-refractivity contribution in [3.63, 3.8) is 0 Å². The Morgan fingerprint density at radius 1 is 1.35 bits per heavy atom. The first kappa shape index (κ1) is 11.9. The van der Waals surface area contributed by atoms with E-state index in [1.54, 1.807) is 0 Å². The molecule has 4 nitrogen and oxygen atoms in total. The van der Waals surface area contributed by atoms with Crippen molar-refractivity contribution in [2.24, 2.45) is 0 Å². The van der Waals surface area contributed by atoms with Gasteiger partial charge in [0.15, 0.2) is 0 Å². The minimum atomic E-state index is -0.855. The number of methoxy groups -OCH3 is 1. The van der Waals surface area contributed by atoms with Crippen molar-refractivity contribution in [3.8, 4) is 0 Å². The number of ketones is 1. The van der Waals surface area contributed by atoms with Gasteiger partial charge in [-0.1, -0.05) is 15.9 Å². The molecule has 0 saturated carbocycles. The van der Waals surface area contributed by atoms with Crippen LogP contribution in [0.15, 0.2) is 22.8 Å². The highest BCUT2D eigenvalue weighted by Crippen LogP contribution is 2.26. The fourth-order valence-electron chi connectivity index (χ4n) is 1.64. The standard InChI is InChI=1S/C12H10BrNO3/c1-6-3-7-8(11(15)12(16)17-2)5-14-10(7)4-9(6)13/h3-5,14H,1-2H3. The Kier molecular flexibility index (Phi) is 3.02. The lowest BCUT2D eigenvalue weighted by molar-refractivity contribution is -0.135. The van der Waals surface area contributed by atoms with Gasteiger partial charge in [0.1, 0.15) is 0 Å². The van der Waals surface area contributed by atoms with E-state index in [0.29, 0.717) is 5.56 Å². The number of H-pyrrole nitrogens is 1. The Morgan fingerprint density at radius 2 is 2.06 bits per heavy atom. The van der Waals surface area contributed by atoms with Gasteiger partial charge in [-0.3, -0.25) is 4.79 Å². The van der Waals surface area contributed by atoms with Gasteiger partial charge in [-0.25, -0.2) is 4.79 Å². The van der Waals surface area contributed by atoms with E-state index in [-0.39, 0.29) is 0 Å². The third kappa shape index (κ3) is 1.98. The summed E-state index contributed by atoms with van der Waals surface area (Å²) in [5.41, 5.74) is 2.13. The van der Waals surface area contributed by atoms with Crippen LogP contribution in [0.2, 0.25) is 0 Å². The number of carbonyl (C=O) groups is 2. The number of aromatic amines is 1. The zero-order valence-corrected chi connectivity index (χ0v) is 10.9. The average Bonchev–Trinajstić information content (AvgIpc) is 2.70. The van der Waals surface area contributed by atoms with E-state index in [1.165, 1.54) is 13.3 Å². The largest absolute Gasteiger partial charge is 0.463 e. The summed E-state index contributed by atoms with van der Waals surface area (Å²) in [6, 6.07) is 3.73.